The number of methoxy groups -OCH3 is 1. The molecule has 0 fully saturated rings. The third-order valence-corrected chi connectivity index (χ3v) is 3.98. The fourth-order valence-electron chi connectivity index (χ4n) is 1.95. The van der Waals surface area contributed by atoms with Crippen LogP contribution in [0.25, 0.3) is 0 Å². The van der Waals surface area contributed by atoms with E-state index in [4.69, 9.17) is 9.47 Å². The molecule has 2 aromatic rings. The van der Waals surface area contributed by atoms with Crippen LogP contribution < -0.4 is 10.1 Å². The van der Waals surface area contributed by atoms with Crippen LogP contribution in [0.4, 0.5) is 5.69 Å². The van der Waals surface area contributed by atoms with Crippen molar-refractivity contribution in [3.8, 4) is 5.75 Å². The first kappa shape index (κ1) is 17.3. The van der Waals surface area contributed by atoms with Crippen molar-refractivity contribution in [2.75, 3.05) is 19.0 Å². The van der Waals surface area contributed by atoms with E-state index in [9.17, 15) is 9.59 Å². The van der Waals surface area contributed by atoms with Crippen LogP contribution in [0.3, 0.4) is 0 Å². The summed E-state index contributed by atoms with van der Waals surface area (Å²) >= 11 is 2.12. The molecular weight excluding hydrogens is 409 g/mol. The van der Waals surface area contributed by atoms with Gasteiger partial charge in [0.2, 0.25) is 0 Å². The maximum Gasteiger partial charge on any atom is 0.310 e. The lowest BCUT2D eigenvalue weighted by molar-refractivity contribution is -0.146. The molecule has 0 spiro atoms. The zero-order valence-electron chi connectivity index (χ0n) is 12.5. The Morgan fingerprint density at radius 1 is 1.09 bits per heavy atom. The molecule has 1 N–H and O–H groups in total. The smallest absolute Gasteiger partial charge is 0.310 e. The summed E-state index contributed by atoms with van der Waals surface area (Å²) in [6.45, 7) is -0.320. The Labute approximate surface area is 148 Å². The predicted molar refractivity (Wildman–Crippen MR) is 95.4 cm³/mol. The summed E-state index contributed by atoms with van der Waals surface area (Å²) in [5.74, 6) is -0.234. The van der Waals surface area contributed by atoms with E-state index in [1.54, 1.807) is 25.3 Å². The van der Waals surface area contributed by atoms with Crippen molar-refractivity contribution in [2.45, 2.75) is 6.42 Å². The van der Waals surface area contributed by atoms with Gasteiger partial charge in [-0.15, -0.1) is 0 Å². The number of ether oxygens (including phenoxy) is 2. The van der Waals surface area contributed by atoms with E-state index < -0.39 is 5.97 Å². The van der Waals surface area contributed by atoms with Gasteiger partial charge in [0.15, 0.2) is 6.61 Å². The SMILES string of the molecule is COc1ccccc1CC(=O)OCC(=O)Nc1ccccc1I. The standard InChI is InChI=1S/C17H16INO4/c1-22-15-9-5-2-6-12(15)10-17(21)23-11-16(20)19-14-8-4-3-7-13(14)18/h2-9H,10-11H2,1H3,(H,19,20). The van der Waals surface area contributed by atoms with E-state index >= 15 is 0 Å². The first-order valence-corrected chi connectivity index (χ1v) is 8.00. The lowest BCUT2D eigenvalue weighted by Gasteiger charge is -2.09. The van der Waals surface area contributed by atoms with Gasteiger partial charge in [0.25, 0.3) is 5.91 Å². The molecular formula is C17H16INO4. The van der Waals surface area contributed by atoms with Gasteiger partial charge in [-0.05, 0) is 40.8 Å². The summed E-state index contributed by atoms with van der Waals surface area (Å²) in [5.41, 5.74) is 1.41. The molecule has 0 radical (unpaired) electrons. The number of carbonyl (C=O) groups excluding carboxylic acids is 2. The molecule has 0 bridgehead atoms. The zero-order chi connectivity index (χ0) is 16.7. The van der Waals surface area contributed by atoms with Gasteiger partial charge >= 0.3 is 5.97 Å². The van der Waals surface area contributed by atoms with Crippen LogP contribution in [0, 0.1) is 3.57 Å². The molecule has 0 atom stereocenters. The normalized spacial score (nSPS) is 10.0. The van der Waals surface area contributed by atoms with E-state index in [1.165, 1.54) is 0 Å². The highest BCUT2D eigenvalue weighted by Crippen LogP contribution is 2.18. The molecule has 23 heavy (non-hydrogen) atoms. The number of esters is 1. The van der Waals surface area contributed by atoms with Crippen molar-refractivity contribution in [1.29, 1.82) is 0 Å². The number of benzene rings is 2. The molecule has 0 aromatic heterocycles. The highest BCUT2D eigenvalue weighted by atomic mass is 127. The minimum Gasteiger partial charge on any atom is -0.496 e. The molecule has 2 rings (SSSR count). The van der Waals surface area contributed by atoms with Crippen molar-refractivity contribution in [3.63, 3.8) is 0 Å². The first-order valence-electron chi connectivity index (χ1n) is 6.92. The maximum absolute atomic E-state index is 11.8. The van der Waals surface area contributed by atoms with Gasteiger partial charge < -0.3 is 14.8 Å². The summed E-state index contributed by atoms with van der Waals surface area (Å²) < 4.78 is 11.1. The number of rotatable bonds is 6. The van der Waals surface area contributed by atoms with Crippen LogP contribution in [0.5, 0.6) is 5.75 Å². The number of halogens is 1. The van der Waals surface area contributed by atoms with Gasteiger partial charge in [0.1, 0.15) is 5.75 Å². The summed E-state index contributed by atoms with van der Waals surface area (Å²) in [5, 5.41) is 2.70. The van der Waals surface area contributed by atoms with Crippen molar-refractivity contribution in [2.24, 2.45) is 0 Å². The Bertz CT molecular complexity index is 702. The monoisotopic (exact) mass is 425 g/mol. The van der Waals surface area contributed by atoms with E-state index in [1.807, 2.05) is 30.3 Å². The summed E-state index contributed by atoms with van der Waals surface area (Å²) in [6, 6.07) is 14.6. The Morgan fingerprint density at radius 2 is 1.78 bits per heavy atom. The number of anilines is 1. The second-order valence-electron chi connectivity index (χ2n) is 4.68. The second-order valence-corrected chi connectivity index (χ2v) is 5.84. The van der Waals surface area contributed by atoms with Crippen LogP contribution >= 0.6 is 22.6 Å². The third kappa shape index (κ3) is 5.24. The van der Waals surface area contributed by atoms with E-state index in [-0.39, 0.29) is 18.9 Å². The van der Waals surface area contributed by atoms with E-state index in [0.29, 0.717) is 11.4 Å². The van der Waals surface area contributed by atoms with Crippen LogP contribution in [0.15, 0.2) is 48.5 Å². The Balaban J connectivity index is 1.84. The summed E-state index contributed by atoms with van der Waals surface area (Å²) in [7, 11) is 1.54. The molecule has 5 nitrogen and oxygen atoms in total. The van der Waals surface area contributed by atoms with Crippen molar-refractivity contribution >= 4 is 40.2 Å². The van der Waals surface area contributed by atoms with Crippen LogP contribution in [-0.4, -0.2) is 25.6 Å². The third-order valence-electron chi connectivity index (χ3n) is 3.04. The van der Waals surface area contributed by atoms with Crippen LogP contribution in [0.2, 0.25) is 0 Å². The average Bonchev–Trinajstić information content (AvgIpc) is 2.55. The average molecular weight is 425 g/mol. The maximum atomic E-state index is 11.8. The molecule has 0 aliphatic carbocycles. The lowest BCUT2D eigenvalue weighted by Crippen LogP contribution is -2.22. The Kier molecular flexibility index (Phi) is 6.40. The molecule has 0 unspecified atom stereocenters. The molecule has 2 aromatic carbocycles. The molecule has 0 saturated carbocycles. The fraction of sp³-hybridized carbons (Fsp3) is 0.176. The van der Waals surface area contributed by atoms with Crippen LogP contribution in [0.1, 0.15) is 5.56 Å². The number of hydrogen-bond acceptors (Lipinski definition) is 4. The van der Waals surface area contributed by atoms with Crippen LogP contribution in [-0.2, 0) is 20.7 Å². The number of nitrogens with one attached hydrogen (secondary N) is 1. The van der Waals surface area contributed by atoms with Crippen molar-refractivity contribution in [1.82, 2.24) is 0 Å². The van der Waals surface area contributed by atoms with Gasteiger partial charge in [-0.3, -0.25) is 9.59 Å². The number of amides is 1. The number of carbonyl (C=O) groups is 2. The molecule has 0 aliphatic rings. The van der Waals surface area contributed by atoms with E-state index in [0.717, 1.165) is 9.13 Å². The van der Waals surface area contributed by atoms with Gasteiger partial charge in [0, 0.05) is 9.13 Å². The molecule has 0 aliphatic heterocycles. The van der Waals surface area contributed by atoms with Gasteiger partial charge in [-0.25, -0.2) is 0 Å². The Hall–Kier alpha value is -2.09. The molecule has 0 heterocycles. The summed E-state index contributed by atoms with van der Waals surface area (Å²) in [4.78, 5) is 23.7. The minimum atomic E-state index is -0.479. The quantitative estimate of drug-likeness (QED) is 0.571. The molecule has 120 valence electrons. The van der Waals surface area contributed by atoms with Crippen molar-refractivity contribution < 1.29 is 19.1 Å². The topological polar surface area (TPSA) is 64.6 Å². The number of para-hydroxylation sites is 2. The first-order chi connectivity index (χ1) is 11.1. The van der Waals surface area contributed by atoms with Gasteiger partial charge in [-0.2, -0.15) is 0 Å². The highest BCUT2D eigenvalue weighted by Gasteiger charge is 2.12. The number of hydrogen-bond donors (Lipinski definition) is 1. The zero-order valence-corrected chi connectivity index (χ0v) is 14.7. The largest absolute Gasteiger partial charge is 0.496 e. The second kappa shape index (κ2) is 8.52. The molecule has 1 amide bonds. The Morgan fingerprint density at radius 3 is 2.52 bits per heavy atom. The minimum absolute atomic E-state index is 0.0557. The molecule has 0 saturated heterocycles. The summed E-state index contributed by atoms with van der Waals surface area (Å²) in [6.07, 6.45) is 0.0557. The fourth-order valence-corrected chi connectivity index (χ4v) is 2.47. The lowest BCUT2D eigenvalue weighted by atomic mass is 10.1. The van der Waals surface area contributed by atoms with Crippen molar-refractivity contribution in [3.05, 3.63) is 57.7 Å². The van der Waals surface area contributed by atoms with Gasteiger partial charge in [0.05, 0.1) is 19.2 Å². The van der Waals surface area contributed by atoms with Gasteiger partial charge in [-0.1, -0.05) is 30.3 Å². The highest BCUT2D eigenvalue weighted by molar-refractivity contribution is 14.1. The predicted octanol–water partition coefficient (Wildman–Crippen LogP) is 3.02. The molecule has 6 heteroatoms. The van der Waals surface area contributed by atoms with E-state index in [2.05, 4.69) is 27.9 Å².